The molecule has 0 saturated carbocycles. The van der Waals surface area contributed by atoms with Crippen molar-refractivity contribution in [2.24, 2.45) is 5.84 Å². The van der Waals surface area contributed by atoms with E-state index in [1.807, 2.05) is 12.1 Å². The van der Waals surface area contributed by atoms with Crippen LogP contribution in [0.1, 0.15) is 17.4 Å². The van der Waals surface area contributed by atoms with Crippen molar-refractivity contribution in [2.75, 3.05) is 0 Å². The Kier molecular flexibility index (Phi) is 4.12. The fraction of sp³-hybridized carbons (Fsp3) is 0.0909. The normalized spacial score (nSPS) is 12.7. The molecular weight excluding hydrogens is 327 g/mol. The Morgan fingerprint density at radius 2 is 1.94 bits per heavy atom. The van der Waals surface area contributed by atoms with Crippen molar-refractivity contribution in [2.45, 2.75) is 6.04 Å². The van der Waals surface area contributed by atoms with Gasteiger partial charge in [0.15, 0.2) is 4.67 Å². The summed E-state index contributed by atoms with van der Waals surface area (Å²) in [6.45, 7) is 0. The standard InChI is InChI=1S/C11H9BrCl2N2O/c12-10-4-3-9(17-10)11(16-15)6-1-2-7(13)8(14)5-6/h1-5,11,16H,15H2. The van der Waals surface area contributed by atoms with Gasteiger partial charge in [0.2, 0.25) is 0 Å². The van der Waals surface area contributed by atoms with Gasteiger partial charge in [-0.05, 0) is 45.8 Å². The van der Waals surface area contributed by atoms with E-state index in [9.17, 15) is 0 Å². The number of nitrogens with two attached hydrogens (primary N) is 1. The van der Waals surface area contributed by atoms with E-state index in [-0.39, 0.29) is 6.04 Å². The molecule has 2 aromatic rings. The summed E-state index contributed by atoms with van der Waals surface area (Å²) in [6, 6.07) is 8.69. The molecule has 2 rings (SSSR count). The molecule has 17 heavy (non-hydrogen) atoms. The van der Waals surface area contributed by atoms with Gasteiger partial charge in [-0.1, -0.05) is 29.3 Å². The Balaban J connectivity index is 2.38. The summed E-state index contributed by atoms with van der Waals surface area (Å²) in [5.74, 6) is 6.23. The van der Waals surface area contributed by atoms with Gasteiger partial charge in [0.1, 0.15) is 11.8 Å². The van der Waals surface area contributed by atoms with Crippen LogP contribution in [0.25, 0.3) is 0 Å². The maximum atomic E-state index is 5.97. The highest BCUT2D eigenvalue weighted by atomic mass is 79.9. The maximum Gasteiger partial charge on any atom is 0.169 e. The van der Waals surface area contributed by atoms with Crippen molar-refractivity contribution in [3.63, 3.8) is 0 Å². The summed E-state index contributed by atoms with van der Waals surface area (Å²) in [7, 11) is 0. The minimum atomic E-state index is -0.268. The molecule has 0 spiro atoms. The minimum absolute atomic E-state index is 0.268. The molecule has 0 aliphatic heterocycles. The van der Waals surface area contributed by atoms with Crippen LogP contribution in [-0.2, 0) is 0 Å². The number of hydrogen-bond donors (Lipinski definition) is 2. The molecule has 6 heteroatoms. The first kappa shape index (κ1) is 12.9. The largest absolute Gasteiger partial charge is 0.452 e. The number of hydrazine groups is 1. The van der Waals surface area contributed by atoms with Gasteiger partial charge in [0, 0.05) is 0 Å². The van der Waals surface area contributed by atoms with Crippen molar-refractivity contribution >= 4 is 39.1 Å². The first-order valence-electron chi connectivity index (χ1n) is 4.78. The van der Waals surface area contributed by atoms with E-state index in [1.54, 1.807) is 18.2 Å². The van der Waals surface area contributed by atoms with E-state index < -0.39 is 0 Å². The molecule has 90 valence electrons. The first-order valence-corrected chi connectivity index (χ1v) is 6.33. The third-order valence-electron chi connectivity index (χ3n) is 2.32. The topological polar surface area (TPSA) is 51.2 Å². The lowest BCUT2D eigenvalue weighted by atomic mass is 10.1. The summed E-state index contributed by atoms with van der Waals surface area (Å²) in [4.78, 5) is 0. The predicted octanol–water partition coefficient (Wildman–Crippen LogP) is 3.90. The molecule has 1 unspecified atom stereocenters. The van der Waals surface area contributed by atoms with Gasteiger partial charge < -0.3 is 4.42 Å². The Bertz CT molecular complexity index is 530. The van der Waals surface area contributed by atoms with E-state index in [4.69, 9.17) is 33.5 Å². The summed E-state index contributed by atoms with van der Waals surface area (Å²) < 4.78 is 6.11. The quantitative estimate of drug-likeness (QED) is 0.660. The molecular formula is C11H9BrCl2N2O. The Labute approximate surface area is 117 Å². The summed E-state index contributed by atoms with van der Waals surface area (Å²) >= 11 is 15.1. The second kappa shape index (κ2) is 5.42. The first-order chi connectivity index (χ1) is 8.11. The maximum absolute atomic E-state index is 5.97. The molecule has 1 aromatic carbocycles. The van der Waals surface area contributed by atoms with E-state index in [0.29, 0.717) is 20.5 Å². The van der Waals surface area contributed by atoms with Crippen LogP contribution in [0, 0.1) is 0 Å². The summed E-state index contributed by atoms with van der Waals surface area (Å²) in [5, 5.41) is 0.988. The number of halogens is 3. The Morgan fingerprint density at radius 3 is 2.47 bits per heavy atom. The second-order valence-corrected chi connectivity index (χ2v) is 5.01. The average molecular weight is 336 g/mol. The Hall–Kier alpha value is -0.520. The second-order valence-electron chi connectivity index (χ2n) is 3.42. The van der Waals surface area contributed by atoms with E-state index in [2.05, 4.69) is 21.4 Å². The van der Waals surface area contributed by atoms with Crippen LogP contribution in [0.5, 0.6) is 0 Å². The van der Waals surface area contributed by atoms with Crippen LogP contribution in [0.3, 0.4) is 0 Å². The monoisotopic (exact) mass is 334 g/mol. The molecule has 1 heterocycles. The predicted molar refractivity (Wildman–Crippen MR) is 72.0 cm³/mol. The molecule has 0 fully saturated rings. The zero-order chi connectivity index (χ0) is 12.4. The Morgan fingerprint density at radius 1 is 1.18 bits per heavy atom. The highest BCUT2D eigenvalue weighted by Gasteiger charge is 2.17. The SMILES string of the molecule is NNC(c1ccc(Cl)c(Cl)c1)c1ccc(Br)o1. The highest BCUT2D eigenvalue weighted by molar-refractivity contribution is 9.10. The van der Waals surface area contributed by atoms with Gasteiger partial charge in [-0.3, -0.25) is 5.84 Å². The number of furan rings is 1. The highest BCUT2D eigenvalue weighted by Crippen LogP contribution is 2.30. The lowest BCUT2D eigenvalue weighted by Gasteiger charge is -2.14. The summed E-state index contributed by atoms with van der Waals surface area (Å²) in [5.41, 5.74) is 3.56. The van der Waals surface area contributed by atoms with Crippen LogP contribution in [-0.4, -0.2) is 0 Å². The van der Waals surface area contributed by atoms with Gasteiger partial charge in [0.05, 0.1) is 10.0 Å². The van der Waals surface area contributed by atoms with Crippen LogP contribution >= 0.6 is 39.1 Å². The minimum Gasteiger partial charge on any atom is -0.452 e. The van der Waals surface area contributed by atoms with Crippen molar-refractivity contribution in [3.05, 3.63) is 56.4 Å². The lowest BCUT2D eigenvalue weighted by Crippen LogP contribution is -2.28. The number of rotatable bonds is 3. The third-order valence-corrected chi connectivity index (χ3v) is 3.49. The number of hydrogen-bond acceptors (Lipinski definition) is 3. The van der Waals surface area contributed by atoms with Crippen LogP contribution in [0.4, 0.5) is 0 Å². The summed E-state index contributed by atoms with van der Waals surface area (Å²) in [6.07, 6.45) is 0. The molecule has 3 N–H and O–H groups in total. The van der Waals surface area contributed by atoms with Gasteiger partial charge in [-0.2, -0.15) is 0 Å². The zero-order valence-corrected chi connectivity index (χ0v) is 11.7. The van der Waals surface area contributed by atoms with E-state index in [1.165, 1.54) is 0 Å². The molecule has 0 radical (unpaired) electrons. The van der Waals surface area contributed by atoms with Crippen molar-refractivity contribution in [1.29, 1.82) is 0 Å². The number of nitrogens with one attached hydrogen (secondary N) is 1. The zero-order valence-electron chi connectivity index (χ0n) is 8.58. The van der Waals surface area contributed by atoms with Crippen LogP contribution in [0.15, 0.2) is 39.4 Å². The molecule has 1 atom stereocenters. The molecule has 0 bridgehead atoms. The van der Waals surface area contributed by atoms with Crippen LogP contribution < -0.4 is 11.3 Å². The van der Waals surface area contributed by atoms with E-state index in [0.717, 1.165) is 5.56 Å². The molecule has 3 nitrogen and oxygen atoms in total. The van der Waals surface area contributed by atoms with Crippen molar-refractivity contribution in [1.82, 2.24) is 5.43 Å². The van der Waals surface area contributed by atoms with Gasteiger partial charge >= 0.3 is 0 Å². The number of benzene rings is 1. The molecule has 0 amide bonds. The smallest absolute Gasteiger partial charge is 0.169 e. The van der Waals surface area contributed by atoms with Gasteiger partial charge in [0.25, 0.3) is 0 Å². The lowest BCUT2D eigenvalue weighted by molar-refractivity contribution is 0.437. The third kappa shape index (κ3) is 2.84. The van der Waals surface area contributed by atoms with Gasteiger partial charge in [-0.25, -0.2) is 5.43 Å². The molecule has 0 aliphatic rings. The fourth-order valence-corrected chi connectivity index (χ4v) is 2.14. The molecule has 0 aliphatic carbocycles. The fourth-order valence-electron chi connectivity index (χ4n) is 1.52. The molecule has 1 aromatic heterocycles. The van der Waals surface area contributed by atoms with E-state index >= 15 is 0 Å². The van der Waals surface area contributed by atoms with Crippen molar-refractivity contribution < 1.29 is 4.42 Å². The van der Waals surface area contributed by atoms with Crippen molar-refractivity contribution in [3.8, 4) is 0 Å². The average Bonchev–Trinajstić information content (AvgIpc) is 2.71. The molecule has 0 saturated heterocycles. The van der Waals surface area contributed by atoms with Crippen LogP contribution in [0.2, 0.25) is 10.0 Å². The van der Waals surface area contributed by atoms with Gasteiger partial charge in [-0.15, -0.1) is 0 Å².